The van der Waals surface area contributed by atoms with E-state index in [0.29, 0.717) is 19.6 Å². The van der Waals surface area contributed by atoms with Gasteiger partial charge >= 0.3 is 0 Å². The molecule has 0 heterocycles. The van der Waals surface area contributed by atoms with Crippen LogP contribution in [0.5, 0.6) is 0 Å². The Morgan fingerprint density at radius 2 is 2.19 bits per heavy atom. The van der Waals surface area contributed by atoms with E-state index in [4.69, 9.17) is 10.5 Å². The van der Waals surface area contributed by atoms with Crippen LogP contribution >= 0.6 is 0 Å². The lowest BCUT2D eigenvalue weighted by Gasteiger charge is -2.13. The number of benzene rings is 1. The van der Waals surface area contributed by atoms with Gasteiger partial charge in [0, 0.05) is 19.3 Å². The van der Waals surface area contributed by atoms with Crippen molar-refractivity contribution >= 4 is 0 Å². The van der Waals surface area contributed by atoms with E-state index in [1.165, 1.54) is 6.07 Å². The fourth-order valence-electron chi connectivity index (χ4n) is 1.62. The summed E-state index contributed by atoms with van der Waals surface area (Å²) in [5.74, 6) is -0.197. The second kappa shape index (κ2) is 6.61. The Kier molecular flexibility index (Phi) is 5.43. The molecule has 0 saturated heterocycles. The van der Waals surface area contributed by atoms with E-state index in [-0.39, 0.29) is 11.9 Å². The van der Waals surface area contributed by atoms with Gasteiger partial charge in [-0.2, -0.15) is 0 Å². The Morgan fingerprint density at radius 1 is 1.44 bits per heavy atom. The van der Waals surface area contributed by atoms with Crippen molar-refractivity contribution in [1.29, 1.82) is 0 Å². The lowest BCUT2D eigenvalue weighted by Crippen LogP contribution is -2.25. The quantitative estimate of drug-likeness (QED) is 0.755. The van der Waals surface area contributed by atoms with Crippen LogP contribution in [0.15, 0.2) is 18.2 Å². The van der Waals surface area contributed by atoms with Gasteiger partial charge < -0.3 is 10.5 Å². The van der Waals surface area contributed by atoms with E-state index in [9.17, 15) is 4.39 Å². The summed E-state index contributed by atoms with van der Waals surface area (Å²) in [7, 11) is 0. The van der Waals surface area contributed by atoms with E-state index in [1.54, 1.807) is 12.1 Å². The Bertz CT molecular complexity index is 328. The SMILES string of the molecule is CCOCCC(N)Cc1cc(F)ccc1C. The van der Waals surface area contributed by atoms with Gasteiger partial charge in [-0.1, -0.05) is 6.07 Å². The highest BCUT2D eigenvalue weighted by atomic mass is 19.1. The zero-order valence-corrected chi connectivity index (χ0v) is 10.0. The number of rotatable bonds is 6. The van der Waals surface area contributed by atoms with Crippen molar-refractivity contribution in [1.82, 2.24) is 0 Å². The van der Waals surface area contributed by atoms with Crippen LogP contribution in [-0.2, 0) is 11.2 Å². The first-order chi connectivity index (χ1) is 7.63. The first kappa shape index (κ1) is 13.1. The zero-order chi connectivity index (χ0) is 12.0. The topological polar surface area (TPSA) is 35.2 Å². The van der Waals surface area contributed by atoms with Crippen molar-refractivity contribution in [3.8, 4) is 0 Å². The highest BCUT2D eigenvalue weighted by Gasteiger charge is 2.07. The number of ether oxygens (including phenoxy) is 1. The third-order valence-electron chi connectivity index (χ3n) is 2.63. The van der Waals surface area contributed by atoms with Crippen LogP contribution < -0.4 is 5.73 Å². The summed E-state index contributed by atoms with van der Waals surface area (Å²) in [5, 5.41) is 0. The predicted octanol–water partition coefficient (Wildman–Crippen LogP) is 2.43. The highest BCUT2D eigenvalue weighted by Crippen LogP contribution is 2.12. The highest BCUT2D eigenvalue weighted by molar-refractivity contribution is 5.27. The van der Waals surface area contributed by atoms with Crippen LogP contribution in [0.2, 0.25) is 0 Å². The van der Waals surface area contributed by atoms with Gasteiger partial charge in [-0.15, -0.1) is 0 Å². The first-order valence-corrected chi connectivity index (χ1v) is 5.71. The minimum atomic E-state index is -0.197. The molecule has 0 saturated carbocycles. The molecule has 0 amide bonds. The molecule has 0 spiro atoms. The fraction of sp³-hybridized carbons (Fsp3) is 0.538. The number of aryl methyl sites for hydroxylation is 1. The molecular formula is C13H20FNO. The predicted molar refractivity (Wildman–Crippen MR) is 63.9 cm³/mol. The van der Waals surface area contributed by atoms with E-state index in [1.807, 2.05) is 13.8 Å². The number of nitrogens with two attached hydrogens (primary N) is 1. The summed E-state index contributed by atoms with van der Waals surface area (Å²) < 4.78 is 18.3. The van der Waals surface area contributed by atoms with Gasteiger partial charge in [-0.3, -0.25) is 0 Å². The normalized spacial score (nSPS) is 12.8. The van der Waals surface area contributed by atoms with Crippen LogP contribution in [0.25, 0.3) is 0 Å². The molecule has 0 aromatic heterocycles. The number of hydrogen-bond donors (Lipinski definition) is 1. The summed E-state index contributed by atoms with van der Waals surface area (Å²) in [6, 6.07) is 4.87. The van der Waals surface area contributed by atoms with Gasteiger partial charge in [0.2, 0.25) is 0 Å². The Hall–Kier alpha value is -0.930. The van der Waals surface area contributed by atoms with Crippen LogP contribution in [0.4, 0.5) is 4.39 Å². The molecule has 2 N–H and O–H groups in total. The average molecular weight is 225 g/mol. The Labute approximate surface area is 96.6 Å². The first-order valence-electron chi connectivity index (χ1n) is 5.71. The van der Waals surface area contributed by atoms with Gasteiger partial charge in [0.05, 0.1) is 0 Å². The van der Waals surface area contributed by atoms with E-state index >= 15 is 0 Å². The molecule has 1 aromatic rings. The Balaban J connectivity index is 2.48. The summed E-state index contributed by atoms with van der Waals surface area (Å²) in [6.45, 7) is 5.32. The van der Waals surface area contributed by atoms with Gasteiger partial charge in [-0.05, 0) is 49.9 Å². The lowest BCUT2D eigenvalue weighted by molar-refractivity contribution is 0.140. The average Bonchev–Trinajstić information content (AvgIpc) is 2.24. The zero-order valence-electron chi connectivity index (χ0n) is 10.0. The molecule has 1 atom stereocenters. The molecule has 0 bridgehead atoms. The molecule has 0 aliphatic carbocycles. The molecule has 1 unspecified atom stereocenters. The second-order valence-corrected chi connectivity index (χ2v) is 4.02. The molecule has 16 heavy (non-hydrogen) atoms. The third kappa shape index (κ3) is 4.29. The summed E-state index contributed by atoms with van der Waals surface area (Å²) >= 11 is 0. The van der Waals surface area contributed by atoms with Crippen molar-refractivity contribution in [2.45, 2.75) is 32.7 Å². The molecule has 3 heteroatoms. The number of halogens is 1. The maximum atomic E-state index is 13.0. The maximum absolute atomic E-state index is 13.0. The van der Waals surface area contributed by atoms with Crippen molar-refractivity contribution in [3.63, 3.8) is 0 Å². The molecule has 1 rings (SSSR count). The van der Waals surface area contributed by atoms with Crippen LogP contribution in [0.3, 0.4) is 0 Å². The van der Waals surface area contributed by atoms with Crippen molar-refractivity contribution < 1.29 is 9.13 Å². The van der Waals surface area contributed by atoms with Crippen LogP contribution in [0, 0.1) is 12.7 Å². The molecular weight excluding hydrogens is 205 g/mol. The van der Waals surface area contributed by atoms with Gasteiger partial charge in [-0.25, -0.2) is 4.39 Å². The maximum Gasteiger partial charge on any atom is 0.123 e. The molecule has 0 aliphatic rings. The molecule has 2 nitrogen and oxygen atoms in total. The fourth-order valence-corrected chi connectivity index (χ4v) is 1.62. The van der Waals surface area contributed by atoms with Gasteiger partial charge in [0.15, 0.2) is 0 Å². The summed E-state index contributed by atoms with van der Waals surface area (Å²) in [4.78, 5) is 0. The monoisotopic (exact) mass is 225 g/mol. The minimum Gasteiger partial charge on any atom is -0.382 e. The van der Waals surface area contributed by atoms with Crippen LogP contribution in [-0.4, -0.2) is 19.3 Å². The molecule has 0 radical (unpaired) electrons. The standard InChI is InChI=1S/C13H20FNO/c1-3-16-7-6-13(15)9-11-8-12(14)5-4-10(11)2/h4-5,8,13H,3,6-7,9,15H2,1-2H3. The van der Waals surface area contributed by atoms with Gasteiger partial charge in [0.25, 0.3) is 0 Å². The second-order valence-electron chi connectivity index (χ2n) is 4.02. The van der Waals surface area contributed by atoms with Crippen molar-refractivity contribution in [2.75, 3.05) is 13.2 Å². The molecule has 90 valence electrons. The molecule has 0 aliphatic heterocycles. The summed E-state index contributed by atoms with van der Waals surface area (Å²) in [5.41, 5.74) is 8.04. The molecule has 1 aromatic carbocycles. The summed E-state index contributed by atoms with van der Waals surface area (Å²) in [6.07, 6.45) is 1.51. The van der Waals surface area contributed by atoms with Crippen LogP contribution in [0.1, 0.15) is 24.5 Å². The van der Waals surface area contributed by atoms with E-state index in [2.05, 4.69) is 0 Å². The number of hydrogen-bond acceptors (Lipinski definition) is 2. The largest absolute Gasteiger partial charge is 0.382 e. The smallest absolute Gasteiger partial charge is 0.123 e. The minimum absolute atomic E-state index is 0.0343. The molecule has 0 fully saturated rings. The van der Waals surface area contributed by atoms with Crippen molar-refractivity contribution in [3.05, 3.63) is 35.1 Å². The van der Waals surface area contributed by atoms with Crippen molar-refractivity contribution in [2.24, 2.45) is 5.73 Å². The Morgan fingerprint density at radius 3 is 2.88 bits per heavy atom. The third-order valence-corrected chi connectivity index (χ3v) is 2.63. The van der Waals surface area contributed by atoms with E-state index < -0.39 is 0 Å². The van der Waals surface area contributed by atoms with E-state index in [0.717, 1.165) is 17.5 Å². The van der Waals surface area contributed by atoms with Gasteiger partial charge in [0.1, 0.15) is 5.82 Å². The lowest BCUT2D eigenvalue weighted by atomic mass is 10.00.